The Morgan fingerprint density at radius 1 is 1.21 bits per heavy atom. The highest BCUT2D eigenvalue weighted by Crippen LogP contribution is 2.31. The molecule has 0 spiro atoms. The molecule has 1 saturated heterocycles. The van der Waals surface area contributed by atoms with E-state index in [4.69, 9.17) is 9.47 Å². The number of sulfonamides is 1. The molecular weight excluding hydrogens is 392 g/mol. The Morgan fingerprint density at radius 2 is 1.93 bits per heavy atom. The number of carbonyl (C=O) groups is 1. The zero-order valence-corrected chi connectivity index (χ0v) is 18.0. The first-order valence-electron chi connectivity index (χ1n) is 10.7. The van der Waals surface area contributed by atoms with Gasteiger partial charge in [-0.3, -0.25) is 4.79 Å². The maximum absolute atomic E-state index is 12.9. The summed E-state index contributed by atoms with van der Waals surface area (Å²) in [6.45, 7) is 3.73. The molecule has 1 aliphatic carbocycles. The van der Waals surface area contributed by atoms with Crippen LogP contribution in [0.3, 0.4) is 0 Å². The third kappa shape index (κ3) is 5.93. The van der Waals surface area contributed by atoms with Crippen LogP contribution in [0, 0.1) is 5.92 Å². The summed E-state index contributed by atoms with van der Waals surface area (Å²) in [5.74, 6) is 1.01. The van der Waals surface area contributed by atoms with Crippen LogP contribution in [0.1, 0.15) is 51.9 Å². The van der Waals surface area contributed by atoms with Gasteiger partial charge in [-0.2, -0.15) is 4.31 Å². The number of nitrogens with one attached hydrogen (secondary N) is 1. The Hall–Kier alpha value is -1.64. The summed E-state index contributed by atoms with van der Waals surface area (Å²) in [4.78, 5) is 12.7. The van der Waals surface area contributed by atoms with E-state index in [1.165, 1.54) is 48.5 Å². The number of hydrogen-bond donors (Lipinski definition) is 1. The van der Waals surface area contributed by atoms with Crippen LogP contribution in [-0.2, 0) is 19.6 Å². The molecule has 29 heavy (non-hydrogen) atoms. The van der Waals surface area contributed by atoms with Crippen LogP contribution in [-0.4, -0.2) is 51.5 Å². The largest absolute Gasteiger partial charge is 0.492 e. The van der Waals surface area contributed by atoms with Crippen molar-refractivity contribution in [2.75, 3.05) is 38.2 Å². The zero-order valence-electron chi connectivity index (χ0n) is 17.2. The predicted octanol–water partition coefficient (Wildman–Crippen LogP) is 3.41. The number of morpholine rings is 1. The summed E-state index contributed by atoms with van der Waals surface area (Å²) in [7, 11) is -3.63. The van der Waals surface area contributed by atoms with Crippen LogP contribution in [0.5, 0.6) is 5.75 Å². The molecule has 0 radical (unpaired) electrons. The van der Waals surface area contributed by atoms with E-state index in [-0.39, 0.29) is 10.8 Å². The predicted molar refractivity (Wildman–Crippen MR) is 112 cm³/mol. The molecule has 2 fully saturated rings. The van der Waals surface area contributed by atoms with Gasteiger partial charge in [0.05, 0.1) is 30.4 Å². The second-order valence-corrected chi connectivity index (χ2v) is 9.64. The minimum atomic E-state index is -3.63. The minimum absolute atomic E-state index is 0.0996. The van der Waals surface area contributed by atoms with Crippen molar-refractivity contribution in [1.82, 2.24) is 4.31 Å². The lowest BCUT2D eigenvalue weighted by Crippen LogP contribution is -2.40. The second-order valence-electron chi connectivity index (χ2n) is 7.70. The molecule has 0 atom stereocenters. The number of nitrogens with zero attached hydrogens (tertiary/aromatic N) is 1. The third-order valence-corrected chi connectivity index (χ3v) is 7.53. The van der Waals surface area contributed by atoms with Crippen molar-refractivity contribution in [3.63, 3.8) is 0 Å². The Labute approximate surface area is 173 Å². The molecular formula is C21H32N2O5S. The number of ether oxygens (including phenoxy) is 2. The molecule has 1 aromatic carbocycles. The lowest BCUT2D eigenvalue weighted by molar-refractivity contribution is -0.116. The molecule has 0 unspecified atom stereocenters. The van der Waals surface area contributed by atoms with E-state index in [1.54, 1.807) is 6.07 Å². The highest BCUT2D eigenvalue weighted by molar-refractivity contribution is 7.89. The highest BCUT2D eigenvalue weighted by atomic mass is 32.2. The summed E-state index contributed by atoms with van der Waals surface area (Å²) in [6.07, 6.45) is 7.52. The zero-order chi connectivity index (χ0) is 20.7. The Bertz CT molecular complexity index is 784. The molecule has 1 aliphatic heterocycles. The van der Waals surface area contributed by atoms with Gasteiger partial charge in [0.25, 0.3) is 0 Å². The van der Waals surface area contributed by atoms with E-state index in [0.29, 0.717) is 56.7 Å². The first-order chi connectivity index (χ1) is 14.0. The molecule has 162 valence electrons. The number of benzene rings is 1. The monoisotopic (exact) mass is 424 g/mol. The van der Waals surface area contributed by atoms with Crippen LogP contribution in [0.25, 0.3) is 0 Å². The van der Waals surface area contributed by atoms with Gasteiger partial charge in [0, 0.05) is 19.5 Å². The minimum Gasteiger partial charge on any atom is -0.492 e. The summed E-state index contributed by atoms with van der Waals surface area (Å²) in [5, 5.41) is 2.88. The van der Waals surface area contributed by atoms with Gasteiger partial charge < -0.3 is 14.8 Å². The molecule has 1 saturated carbocycles. The summed E-state index contributed by atoms with van der Waals surface area (Å²) in [6, 6.07) is 4.66. The van der Waals surface area contributed by atoms with Crippen molar-refractivity contribution >= 4 is 21.6 Å². The molecule has 1 aromatic rings. The van der Waals surface area contributed by atoms with Gasteiger partial charge in [0.15, 0.2) is 0 Å². The SMILES string of the molecule is CCOc1ccc(S(=O)(=O)N2CCOCC2)cc1NC(=O)CCC1CCCCC1. The maximum atomic E-state index is 12.9. The van der Waals surface area contributed by atoms with Gasteiger partial charge in [-0.1, -0.05) is 32.1 Å². The van der Waals surface area contributed by atoms with Crippen LogP contribution in [0.4, 0.5) is 5.69 Å². The maximum Gasteiger partial charge on any atom is 0.243 e. The molecule has 0 bridgehead atoms. The third-order valence-electron chi connectivity index (χ3n) is 5.64. The average molecular weight is 425 g/mol. The fourth-order valence-electron chi connectivity index (χ4n) is 4.01. The van der Waals surface area contributed by atoms with Gasteiger partial charge in [0.2, 0.25) is 15.9 Å². The van der Waals surface area contributed by atoms with Crippen molar-refractivity contribution in [3.8, 4) is 5.75 Å². The van der Waals surface area contributed by atoms with E-state index in [9.17, 15) is 13.2 Å². The lowest BCUT2D eigenvalue weighted by atomic mass is 9.86. The first kappa shape index (κ1) is 22.1. The smallest absolute Gasteiger partial charge is 0.243 e. The number of rotatable bonds is 8. The van der Waals surface area contributed by atoms with E-state index in [2.05, 4.69) is 5.32 Å². The quantitative estimate of drug-likeness (QED) is 0.691. The molecule has 1 N–H and O–H groups in total. The van der Waals surface area contributed by atoms with E-state index < -0.39 is 10.0 Å². The van der Waals surface area contributed by atoms with Gasteiger partial charge in [-0.25, -0.2) is 8.42 Å². The molecule has 3 rings (SSSR count). The highest BCUT2D eigenvalue weighted by Gasteiger charge is 2.27. The van der Waals surface area contributed by atoms with Crippen LogP contribution >= 0.6 is 0 Å². The molecule has 8 heteroatoms. The topological polar surface area (TPSA) is 84.9 Å². The number of amides is 1. The molecule has 0 aromatic heterocycles. The van der Waals surface area contributed by atoms with Crippen molar-refractivity contribution in [2.45, 2.75) is 56.8 Å². The van der Waals surface area contributed by atoms with Gasteiger partial charge in [0.1, 0.15) is 5.75 Å². The number of hydrogen-bond acceptors (Lipinski definition) is 5. The number of anilines is 1. The summed E-state index contributed by atoms with van der Waals surface area (Å²) in [5.41, 5.74) is 0.412. The van der Waals surface area contributed by atoms with Crippen LogP contribution in [0.2, 0.25) is 0 Å². The van der Waals surface area contributed by atoms with Crippen LogP contribution in [0.15, 0.2) is 23.1 Å². The average Bonchev–Trinajstić information content (AvgIpc) is 2.75. The van der Waals surface area contributed by atoms with Crippen molar-refractivity contribution in [1.29, 1.82) is 0 Å². The molecule has 2 aliphatic rings. The van der Waals surface area contributed by atoms with Gasteiger partial charge >= 0.3 is 0 Å². The van der Waals surface area contributed by atoms with Crippen molar-refractivity contribution < 1.29 is 22.7 Å². The Kier molecular flexibility index (Phi) is 7.91. The Balaban J connectivity index is 1.71. The molecule has 7 nitrogen and oxygen atoms in total. The lowest BCUT2D eigenvalue weighted by Gasteiger charge is -2.26. The molecule has 1 amide bonds. The summed E-state index contributed by atoms with van der Waals surface area (Å²) >= 11 is 0. The first-order valence-corrected chi connectivity index (χ1v) is 12.1. The summed E-state index contributed by atoms with van der Waals surface area (Å²) < 4.78 is 38.2. The fourth-order valence-corrected chi connectivity index (χ4v) is 5.44. The standard InChI is InChI=1S/C21H32N2O5S/c1-2-28-20-10-9-18(29(25,26)23-12-14-27-15-13-23)16-19(20)22-21(24)11-8-17-6-4-3-5-7-17/h9-10,16-17H,2-8,11-15H2,1H3,(H,22,24). The molecule has 1 heterocycles. The van der Waals surface area contributed by atoms with E-state index >= 15 is 0 Å². The fraction of sp³-hybridized carbons (Fsp3) is 0.667. The van der Waals surface area contributed by atoms with Gasteiger partial charge in [-0.15, -0.1) is 0 Å². The Morgan fingerprint density at radius 3 is 2.62 bits per heavy atom. The van der Waals surface area contributed by atoms with Crippen molar-refractivity contribution in [3.05, 3.63) is 18.2 Å². The van der Waals surface area contributed by atoms with Crippen LogP contribution < -0.4 is 10.1 Å². The van der Waals surface area contributed by atoms with E-state index in [0.717, 1.165) is 6.42 Å². The number of carbonyl (C=O) groups excluding carboxylic acids is 1. The second kappa shape index (κ2) is 10.4. The van der Waals surface area contributed by atoms with Crippen molar-refractivity contribution in [2.24, 2.45) is 5.92 Å². The van der Waals surface area contributed by atoms with E-state index in [1.807, 2.05) is 6.92 Å². The normalized spacial score (nSPS) is 19.1. The van der Waals surface area contributed by atoms with Gasteiger partial charge in [-0.05, 0) is 37.5 Å².